The predicted molar refractivity (Wildman–Crippen MR) is 70.7 cm³/mol. The topological polar surface area (TPSA) is 34.1 Å². The molecule has 0 aliphatic carbocycles. The Morgan fingerprint density at radius 1 is 1.14 bits per heavy atom. The lowest BCUT2D eigenvalue weighted by Gasteiger charge is -2.13. The Bertz CT molecular complexity index is 656. The average Bonchev–Trinajstić information content (AvgIpc) is 2.45. The van der Waals surface area contributed by atoms with Crippen LogP contribution in [0.15, 0.2) is 30.3 Å². The highest BCUT2D eigenvalue weighted by Crippen LogP contribution is 2.36. The maximum Gasteiger partial charge on any atom is 0.416 e. The van der Waals surface area contributed by atoms with Gasteiger partial charge in [-0.1, -0.05) is 0 Å². The van der Waals surface area contributed by atoms with Crippen LogP contribution in [-0.2, 0) is 6.18 Å². The SMILES string of the molecule is CNc1cc(C(F)(F)F)cc(-c2cc(F)ccc2OC)n1. The molecule has 2 aromatic rings. The fraction of sp³-hybridized carbons (Fsp3) is 0.214. The number of ether oxygens (including phenoxy) is 1. The number of methoxy groups -OCH3 is 1. The molecule has 0 bridgehead atoms. The second-order valence-electron chi connectivity index (χ2n) is 4.22. The van der Waals surface area contributed by atoms with Crippen molar-refractivity contribution < 1.29 is 22.3 Å². The summed E-state index contributed by atoms with van der Waals surface area (Å²) < 4.78 is 57.1. The number of halogens is 4. The molecular formula is C14H12F4N2O. The van der Waals surface area contributed by atoms with Gasteiger partial charge in [0, 0.05) is 12.6 Å². The van der Waals surface area contributed by atoms with Gasteiger partial charge in [0.1, 0.15) is 17.4 Å². The van der Waals surface area contributed by atoms with E-state index in [2.05, 4.69) is 10.3 Å². The summed E-state index contributed by atoms with van der Waals surface area (Å²) in [6.45, 7) is 0. The zero-order chi connectivity index (χ0) is 15.6. The number of rotatable bonds is 3. The van der Waals surface area contributed by atoms with Crippen LogP contribution in [0.1, 0.15) is 5.56 Å². The molecule has 0 unspecified atom stereocenters. The summed E-state index contributed by atoms with van der Waals surface area (Å²) >= 11 is 0. The van der Waals surface area contributed by atoms with Crippen LogP contribution in [0.3, 0.4) is 0 Å². The van der Waals surface area contributed by atoms with Crippen LogP contribution in [0.25, 0.3) is 11.3 Å². The number of aromatic nitrogens is 1. The number of hydrogen-bond donors (Lipinski definition) is 1. The number of anilines is 1. The van der Waals surface area contributed by atoms with E-state index in [1.165, 1.54) is 20.2 Å². The summed E-state index contributed by atoms with van der Waals surface area (Å²) in [6.07, 6.45) is -4.52. The van der Waals surface area contributed by atoms with Crippen molar-refractivity contribution in [1.29, 1.82) is 0 Å². The highest BCUT2D eigenvalue weighted by atomic mass is 19.4. The van der Waals surface area contributed by atoms with Crippen LogP contribution in [0.5, 0.6) is 5.75 Å². The molecule has 0 aliphatic heterocycles. The Morgan fingerprint density at radius 2 is 1.86 bits per heavy atom. The maximum atomic E-state index is 13.4. The zero-order valence-corrected chi connectivity index (χ0v) is 11.3. The first-order valence-electron chi connectivity index (χ1n) is 5.96. The number of hydrogen-bond acceptors (Lipinski definition) is 3. The third kappa shape index (κ3) is 3.24. The smallest absolute Gasteiger partial charge is 0.416 e. The summed E-state index contributed by atoms with van der Waals surface area (Å²) in [5.41, 5.74) is -0.742. The molecule has 1 heterocycles. The van der Waals surface area contributed by atoms with Gasteiger partial charge in [0.25, 0.3) is 0 Å². The predicted octanol–water partition coefficient (Wildman–Crippen LogP) is 3.96. The van der Waals surface area contributed by atoms with Crippen LogP contribution in [0.4, 0.5) is 23.4 Å². The van der Waals surface area contributed by atoms with Gasteiger partial charge in [-0.2, -0.15) is 13.2 Å². The Hall–Kier alpha value is -2.31. The Balaban J connectivity index is 2.66. The summed E-state index contributed by atoms with van der Waals surface area (Å²) in [5, 5.41) is 2.56. The summed E-state index contributed by atoms with van der Waals surface area (Å²) in [4.78, 5) is 4.03. The van der Waals surface area contributed by atoms with Gasteiger partial charge in [-0.05, 0) is 30.3 Å². The third-order valence-electron chi connectivity index (χ3n) is 2.85. The number of nitrogens with one attached hydrogen (secondary N) is 1. The number of pyridine rings is 1. The van der Waals surface area contributed by atoms with E-state index in [4.69, 9.17) is 4.74 Å². The van der Waals surface area contributed by atoms with Crippen LogP contribution >= 0.6 is 0 Å². The van der Waals surface area contributed by atoms with Gasteiger partial charge in [-0.15, -0.1) is 0 Å². The largest absolute Gasteiger partial charge is 0.496 e. The second kappa shape index (κ2) is 5.59. The van der Waals surface area contributed by atoms with Crippen molar-refractivity contribution in [3.8, 4) is 17.0 Å². The fourth-order valence-corrected chi connectivity index (χ4v) is 1.84. The lowest BCUT2D eigenvalue weighted by molar-refractivity contribution is -0.137. The van der Waals surface area contributed by atoms with Gasteiger partial charge in [-0.25, -0.2) is 9.37 Å². The number of benzene rings is 1. The van der Waals surface area contributed by atoms with E-state index in [1.807, 2.05) is 0 Å². The van der Waals surface area contributed by atoms with E-state index in [9.17, 15) is 17.6 Å². The standard InChI is InChI=1S/C14H12F4N2O/c1-19-13-6-8(14(16,17)18)5-11(20-13)10-7-9(15)3-4-12(10)21-2/h3-7H,1-2H3,(H,19,20). The molecule has 0 fully saturated rings. The van der Waals surface area contributed by atoms with Gasteiger partial charge in [0.05, 0.1) is 18.4 Å². The molecule has 2 rings (SSSR count). The zero-order valence-electron chi connectivity index (χ0n) is 11.3. The van der Waals surface area contributed by atoms with E-state index < -0.39 is 17.6 Å². The highest BCUT2D eigenvalue weighted by Gasteiger charge is 2.32. The lowest BCUT2D eigenvalue weighted by Crippen LogP contribution is -2.07. The summed E-state index contributed by atoms with van der Waals surface area (Å²) in [6, 6.07) is 5.33. The van der Waals surface area contributed by atoms with Gasteiger partial charge >= 0.3 is 6.18 Å². The molecule has 0 saturated carbocycles. The highest BCUT2D eigenvalue weighted by molar-refractivity contribution is 5.69. The Labute approximate surface area is 118 Å². The normalized spacial score (nSPS) is 11.3. The second-order valence-corrected chi connectivity index (χ2v) is 4.22. The first-order chi connectivity index (χ1) is 9.85. The molecule has 0 amide bonds. The third-order valence-corrected chi connectivity index (χ3v) is 2.85. The number of nitrogens with zero attached hydrogens (tertiary/aromatic N) is 1. The summed E-state index contributed by atoms with van der Waals surface area (Å²) in [7, 11) is 2.80. The van der Waals surface area contributed by atoms with Crippen molar-refractivity contribution in [3.05, 3.63) is 41.7 Å². The molecule has 7 heteroatoms. The molecule has 0 radical (unpaired) electrons. The molecule has 3 nitrogen and oxygen atoms in total. The van der Waals surface area contributed by atoms with Crippen molar-refractivity contribution >= 4 is 5.82 Å². The van der Waals surface area contributed by atoms with Crippen molar-refractivity contribution in [2.24, 2.45) is 0 Å². The molecule has 0 atom stereocenters. The van der Waals surface area contributed by atoms with E-state index in [0.717, 1.165) is 24.3 Å². The monoisotopic (exact) mass is 300 g/mol. The molecule has 1 aromatic carbocycles. The summed E-state index contributed by atoms with van der Waals surface area (Å²) in [5.74, 6) is -0.313. The first kappa shape index (κ1) is 15.1. The molecule has 0 aliphatic rings. The average molecular weight is 300 g/mol. The van der Waals surface area contributed by atoms with E-state index in [-0.39, 0.29) is 22.8 Å². The van der Waals surface area contributed by atoms with Crippen molar-refractivity contribution in [2.75, 3.05) is 19.5 Å². The Morgan fingerprint density at radius 3 is 2.43 bits per heavy atom. The van der Waals surface area contributed by atoms with E-state index in [1.54, 1.807) is 0 Å². The molecule has 21 heavy (non-hydrogen) atoms. The van der Waals surface area contributed by atoms with E-state index in [0.29, 0.717) is 0 Å². The van der Waals surface area contributed by atoms with Crippen LogP contribution in [0, 0.1) is 5.82 Å². The van der Waals surface area contributed by atoms with Crippen molar-refractivity contribution in [3.63, 3.8) is 0 Å². The molecule has 112 valence electrons. The Kier molecular flexibility index (Phi) is 4.02. The molecular weight excluding hydrogens is 288 g/mol. The molecule has 0 saturated heterocycles. The molecule has 0 spiro atoms. The van der Waals surface area contributed by atoms with Gasteiger partial charge in [0.15, 0.2) is 0 Å². The van der Waals surface area contributed by atoms with Crippen LogP contribution in [-0.4, -0.2) is 19.1 Å². The van der Waals surface area contributed by atoms with E-state index >= 15 is 0 Å². The van der Waals surface area contributed by atoms with Gasteiger partial charge in [0.2, 0.25) is 0 Å². The lowest BCUT2D eigenvalue weighted by atomic mass is 10.1. The minimum absolute atomic E-state index is 0.0227. The van der Waals surface area contributed by atoms with Crippen LogP contribution < -0.4 is 10.1 Å². The number of alkyl halides is 3. The minimum atomic E-state index is -4.52. The quantitative estimate of drug-likeness (QED) is 0.871. The first-order valence-corrected chi connectivity index (χ1v) is 5.96. The van der Waals surface area contributed by atoms with Crippen molar-refractivity contribution in [2.45, 2.75) is 6.18 Å². The fourth-order valence-electron chi connectivity index (χ4n) is 1.84. The minimum Gasteiger partial charge on any atom is -0.496 e. The molecule has 1 N–H and O–H groups in total. The van der Waals surface area contributed by atoms with Gasteiger partial charge < -0.3 is 10.1 Å². The van der Waals surface area contributed by atoms with Crippen LogP contribution in [0.2, 0.25) is 0 Å². The molecule has 1 aromatic heterocycles. The van der Waals surface area contributed by atoms with Gasteiger partial charge in [-0.3, -0.25) is 0 Å². The maximum absolute atomic E-state index is 13.4. The van der Waals surface area contributed by atoms with Crippen molar-refractivity contribution in [1.82, 2.24) is 4.98 Å².